The summed E-state index contributed by atoms with van der Waals surface area (Å²) in [5.41, 5.74) is -0.554. The van der Waals surface area contributed by atoms with Gasteiger partial charge < -0.3 is 15.2 Å². The lowest BCUT2D eigenvalue weighted by Crippen LogP contribution is -2.58. The molecule has 2 heterocycles. The Morgan fingerprint density at radius 1 is 1.41 bits per heavy atom. The molecule has 0 aromatic rings. The Balaban J connectivity index is 2.01. The molecule has 2 saturated heterocycles. The lowest BCUT2D eigenvalue weighted by atomic mass is 9.76. The van der Waals surface area contributed by atoms with E-state index in [4.69, 9.17) is 4.74 Å². The van der Waals surface area contributed by atoms with Gasteiger partial charge >= 0.3 is 0 Å². The van der Waals surface area contributed by atoms with Crippen LogP contribution in [-0.4, -0.2) is 36.0 Å². The lowest BCUT2D eigenvalue weighted by Gasteiger charge is -2.46. The van der Waals surface area contributed by atoms with Crippen molar-refractivity contribution in [2.45, 2.75) is 64.2 Å². The summed E-state index contributed by atoms with van der Waals surface area (Å²) in [6, 6.07) is 0.261. The number of hydrogen-bond acceptors (Lipinski definition) is 3. The van der Waals surface area contributed by atoms with Crippen LogP contribution in [0.4, 0.5) is 0 Å². The molecule has 3 nitrogen and oxygen atoms in total. The highest BCUT2D eigenvalue weighted by Gasteiger charge is 2.43. The maximum Gasteiger partial charge on any atom is 0.0846 e. The molecular formula is C14H27NO2. The van der Waals surface area contributed by atoms with Gasteiger partial charge in [0.2, 0.25) is 0 Å². The van der Waals surface area contributed by atoms with E-state index in [1.54, 1.807) is 0 Å². The topological polar surface area (TPSA) is 41.5 Å². The third-order valence-electron chi connectivity index (χ3n) is 4.48. The van der Waals surface area contributed by atoms with Crippen molar-refractivity contribution in [1.82, 2.24) is 5.32 Å². The second-order valence-electron chi connectivity index (χ2n) is 6.35. The summed E-state index contributed by atoms with van der Waals surface area (Å²) in [6.07, 6.45) is 4.11. The highest BCUT2D eigenvalue weighted by Crippen LogP contribution is 2.35. The highest BCUT2D eigenvalue weighted by molar-refractivity contribution is 4.98. The second-order valence-corrected chi connectivity index (χ2v) is 6.35. The first-order chi connectivity index (χ1) is 8.01. The van der Waals surface area contributed by atoms with E-state index in [9.17, 15) is 5.11 Å². The maximum absolute atomic E-state index is 10.9. The van der Waals surface area contributed by atoms with Gasteiger partial charge in [0.1, 0.15) is 0 Å². The SMILES string of the molecule is CC1CCNC(C2(O)CCOC(C(C)C)C2)C1. The molecule has 0 aromatic carbocycles. The monoisotopic (exact) mass is 241 g/mol. The molecule has 2 aliphatic rings. The molecule has 2 fully saturated rings. The average molecular weight is 241 g/mol. The minimum Gasteiger partial charge on any atom is -0.388 e. The van der Waals surface area contributed by atoms with Crippen LogP contribution in [0, 0.1) is 11.8 Å². The molecule has 0 radical (unpaired) electrons. The van der Waals surface area contributed by atoms with Crippen molar-refractivity contribution in [1.29, 1.82) is 0 Å². The largest absolute Gasteiger partial charge is 0.388 e. The van der Waals surface area contributed by atoms with Gasteiger partial charge in [0, 0.05) is 25.5 Å². The molecule has 0 amide bonds. The van der Waals surface area contributed by atoms with Gasteiger partial charge in [0.05, 0.1) is 11.7 Å². The zero-order valence-corrected chi connectivity index (χ0v) is 11.4. The van der Waals surface area contributed by atoms with E-state index in [0.29, 0.717) is 12.5 Å². The number of rotatable bonds is 2. The second kappa shape index (κ2) is 5.25. The molecule has 17 heavy (non-hydrogen) atoms. The molecule has 0 saturated carbocycles. The van der Waals surface area contributed by atoms with E-state index >= 15 is 0 Å². The van der Waals surface area contributed by atoms with Gasteiger partial charge in [-0.15, -0.1) is 0 Å². The molecule has 3 heteroatoms. The molecule has 0 aromatic heterocycles. The fourth-order valence-corrected chi connectivity index (χ4v) is 3.16. The van der Waals surface area contributed by atoms with Crippen molar-refractivity contribution in [3.05, 3.63) is 0 Å². The summed E-state index contributed by atoms with van der Waals surface area (Å²) in [5, 5.41) is 14.4. The van der Waals surface area contributed by atoms with Gasteiger partial charge in [-0.25, -0.2) is 0 Å². The Bertz CT molecular complexity index is 257. The van der Waals surface area contributed by atoms with E-state index in [1.807, 2.05) is 0 Å². The van der Waals surface area contributed by atoms with Crippen LogP contribution in [0.5, 0.6) is 0 Å². The Morgan fingerprint density at radius 3 is 2.82 bits per heavy atom. The first-order valence-corrected chi connectivity index (χ1v) is 7.08. The normalized spacial score (nSPS) is 43.9. The van der Waals surface area contributed by atoms with Crippen LogP contribution in [0.15, 0.2) is 0 Å². The van der Waals surface area contributed by atoms with Crippen molar-refractivity contribution in [3.63, 3.8) is 0 Å². The van der Waals surface area contributed by atoms with Crippen LogP contribution >= 0.6 is 0 Å². The van der Waals surface area contributed by atoms with Crippen molar-refractivity contribution >= 4 is 0 Å². The van der Waals surface area contributed by atoms with Crippen molar-refractivity contribution in [2.24, 2.45) is 11.8 Å². The van der Waals surface area contributed by atoms with Gasteiger partial charge in [-0.1, -0.05) is 20.8 Å². The highest BCUT2D eigenvalue weighted by atomic mass is 16.5. The van der Waals surface area contributed by atoms with Gasteiger partial charge in [-0.2, -0.15) is 0 Å². The predicted molar refractivity (Wildman–Crippen MR) is 69.0 cm³/mol. The number of nitrogens with one attached hydrogen (secondary N) is 1. The Kier molecular flexibility index (Phi) is 4.11. The smallest absolute Gasteiger partial charge is 0.0846 e. The minimum atomic E-state index is -0.554. The quantitative estimate of drug-likeness (QED) is 0.776. The summed E-state index contributed by atoms with van der Waals surface area (Å²) >= 11 is 0. The Labute approximate surface area is 105 Å². The van der Waals surface area contributed by atoms with E-state index in [2.05, 4.69) is 26.1 Å². The van der Waals surface area contributed by atoms with E-state index in [1.165, 1.54) is 6.42 Å². The summed E-state index contributed by atoms with van der Waals surface area (Å²) in [7, 11) is 0. The number of hydrogen-bond donors (Lipinski definition) is 2. The molecular weight excluding hydrogens is 214 g/mol. The molecule has 0 spiro atoms. The summed E-state index contributed by atoms with van der Waals surface area (Å²) in [4.78, 5) is 0. The van der Waals surface area contributed by atoms with Gasteiger partial charge in [0.15, 0.2) is 0 Å². The Morgan fingerprint density at radius 2 is 2.18 bits per heavy atom. The molecule has 0 aliphatic carbocycles. The number of ether oxygens (including phenoxy) is 1. The number of aliphatic hydroxyl groups is 1. The third kappa shape index (κ3) is 3.01. The van der Waals surface area contributed by atoms with E-state index < -0.39 is 5.60 Å². The van der Waals surface area contributed by atoms with Gasteiger partial charge in [-0.3, -0.25) is 0 Å². The van der Waals surface area contributed by atoms with Crippen LogP contribution in [0.1, 0.15) is 46.5 Å². The zero-order valence-electron chi connectivity index (χ0n) is 11.4. The summed E-state index contributed by atoms with van der Waals surface area (Å²) < 4.78 is 5.76. The van der Waals surface area contributed by atoms with Crippen LogP contribution in [0.2, 0.25) is 0 Å². The summed E-state index contributed by atoms with van der Waals surface area (Å²) in [6.45, 7) is 8.38. The van der Waals surface area contributed by atoms with Crippen LogP contribution in [-0.2, 0) is 4.74 Å². The molecule has 0 bridgehead atoms. The van der Waals surface area contributed by atoms with E-state index in [0.717, 1.165) is 31.7 Å². The average Bonchev–Trinajstić information content (AvgIpc) is 2.29. The predicted octanol–water partition coefficient (Wildman–Crippen LogP) is 1.94. The third-order valence-corrected chi connectivity index (χ3v) is 4.48. The van der Waals surface area contributed by atoms with Crippen molar-refractivity contribution in [3.8, 4) is 0 Å². The maximum atomic E-state index is 10.9. The van der Waals surface area contributed by atoms with Crippen LogP contribution < -0.4 is 5.32 Å². The molecule has 2 aliphatic heterocycles. The fraction of sp³-hybridized carbons (Fsp3) is 1.00. The molecule has 2 N–H and O–H groups in total. The fourth-order valence-electron chi connectivity index (χ4n) is 3.16. The lowest BCUT2D eigenvalue weighted by molar-refractivity contribution is -0.136. The van der Waals surface area contributed by atoms with Crippen LogP contribution in [0.25, 0.3) is 0 Å². The van der Waals surface area contributed by atoms with E-state index in [-0.39, 0.29) is 12.1 Å². The Hall–Kier alpha value is -0.120. The van der Waals surface area contributed by atoms with Gasteiger partial charge in [-0.05, 0) is 31.2 Å². The number of piperidine rings is 1. The van der Waals surface area contributed by atoms with Crippen molar-refractivity contribution in [2.75, 3.05) is 13.2 Å². The molecule has 4 atom stereocenters. The van der Waals surface area contributed by atoms with Crippen LogP contribution in [0.3, 0.4) is 0 Å². The standard InChI is InChI=1S/C14H27NO2/c1-10(2)12-9-14(16,5-7-17-12)13-8-11(3)4-6-15-13/h10-13,15-16H,4-9H2,1-3H3. The van der Waals surface area contributed by atoms with Gasteiger partial charge in [0.25, 0.3) is 0 Å². The molecule has 4 unspecified atom stereocenters. The molecule has 100 valence electrons. The minimum absolute atomic E-state index is 0.216. The van der Waals surface area contributed by atoms with Crippen molar-refractivity contribution < 1.29 is 9.84 Å². The molecule has 2 rings (SSSR count). The first kappa shape index (κ1) is 13.3. The summed E-state index contributed by atoms with van der Waals surface area (Å²) in [5.74, 6) is 1.22. The first-order valence-electron chi connectivity index (χ1n) is 7.08. The zero-order chi connectivity index (χ0) is 12.5.